The Labute approximate surface area is 176 Å². The number of carbonyl (C=O) groups excluding carboxylic acids is 1. The number of hydrogen-bond donors (Lipinski definition) is 0. The largest absolute Gasteiger partial charge is 0.444 e. The Bertz CT molecular complexity index is 881. The van der Waals surface area contributed by atoms with Gasteiger partial charge in [-0.1, -0.05) is 41.9 Å². The normalized spacial score (nSPS) is 14.4. The van der Waals surface area contributed by atoms with E-state index in [1.807, 2.05) is 20.8 Å². The van der Waals surface area contributed by atoms with Gasteiger partial charge in [0.15, 0.2) is 0 Å². The van der Waals surface area contributed by atoms with Crippen molar-refractivity contribution >= 4 is 22.0 Å². The first-order valence-electron chi connectivity index (χ1n) is 9.85. The van der Waals surface area contributed by atoms with Crippen LogP contribution >= 0.6 is 15.9 Å². The summed E-state index contributed by atoms with van der Waals surface area (Å²) in [5.74, 6) is 0.500. The predicted octanol–water partition coefficient (Wildman–Crippen LogP) is 5.49. The van der Waals surface area contributed by atoms with E-state index in [0.717, 1.165) is 23.4 Å². The van der Waals surface area contributed by atoms with Gasteiger partial charge in [-0.3, -0.25) is 0 Å². The molecule has 1 aromatic carbocycles. The molecule has 1 aromatic heterocycles. The number of hydrogen-bond acceptors (Lipinski definition) is 3. The first-order valence-corrected chi connectivity index (χ1v) is 11.0. The second-order valence-electron chi connectivity index (χ2n) is 8.77. The van der Waals surface area contributed by atoms with Crippen molar-refractivity contribution in [3.05, 3.63) is 46.3 Å². The summed E-state index contributed by atoms with van der Waals surface area (Å²) in [6, 6.07) is 6.60. The van der Waals surface area contributed by atoms with Crippen LogP contribution in [0.4, 0.5) is 4.79 Å². The number of ether oxygens (including phenoxy) is 1. The van der Waals surface area contributed by atoms with Crippen molar-refractivity contribution in [2.45, 2.75) is 71.4 Å². The lowest BCUT2D eigenvalue weighted by Crippen LogP contribution is -2.40. The van der Waals surface area contributed by atoms with E-state index in [0.29, 0.717) is 24.3 Å². The first-order chi connectivity index (χ1) is 13.1. The number of alkyl halides is 1. The Morgan fingerprint density at radius 3 is 2.61 bits per heavy atom. The average molecular weight is 448 g/mol. The maximum atomic E-state index is 12.5. The molecule has 0 fully saturated rings. The summed E-state index contributed by atoms with van der Waals surface area (Å²) in [6.07, 6.45) is 0.504. The molecule has 1 aliphatic rings. The minimum Gasteiger partial charge on any atom is -0.444 e. The molecule has 0 spiro atoms. The monoisotopic (exact) mass is 447 g/mol. The Hall–Kier alpha value is -1.82. The van der Waals surface area contributed by atoms with Crippen LogP contribution in [0.1, 0.15) is 68.6 Å². The maximum Gasteiger partial charge on any atom is 0.410 e. The summed E-state index contributed by atoms with van der Waals surface area (Å²) < 4.78 is 7.63. The van der Waals surface area contributed by atoms with Gasteiger partial charge in [0.05, 0.1) is 23.6 Å². The van der Waals surface area contributed by atoms with E-state index in [1.165, 1.54) is 16.8 Å². The lowest BCUT2D eigenvalue weighted by Gasteiger charge is -2.30. The van der Waals surface area contributed by atoms with Crippen LogP contribution in [0.2, 0.25) is 0 Å². The molecule has 2 aromatic rings. The molecule has 152 valence electrons. The Morgan fingerprint density at radius 1 is 1.32 bits per heavy atom. The van der Waals surface area contributed by atoms with Gasteiger partial charge < -0.3 is 9.64 Å². The number of benzene rings is 1. The van der Waals surface area contributed by atoms with Crippen LogP contribution in [0.15, 0.2) is 18.2 Å². The molecular weight excluding hydrogens is 418 g/mol. The quantitative estimate of drug-likeness (QED) is 0.584. The van der Waals surface area contributed by atoms with Crippen molar-refractivity contribution in [2.24, 2.45) is 0 Å². The highest BCUT2D eigenvalue weighted by molar-refractivity contribution is 9.08. The molecule has 0 radical (unpaired) electrons. The van der Waals surface area contributed by atoms with E-state index >= 15 is 0 Å². The molecule has 6 heteroatoms. The molecule has 0 saturated heterocycles. The Balaban J connectivity index is 1.94. The standard InChI is InChI=1S/C22H30BrN3O2/c1-14(2)16-7-8-19(15(3)11-16)26-20-9-10-25(21(27)28-22(4,5)6)13-17(20)18(12-23)24-26/h7-8,11,14H,9-10,12-13H2,1-6H3. The molecule has 0 N–H and O–H groups in total. The van der Waals surface area contributed by atoms with E-state index in [1.54, 1.807) is 4.90 Å². The third-order valence-electron chi connectivity index (χ3n) is 5.03. The number of aryl methyl sites for hydroxylation is 1. The average Bonchev–Trinajstić information content (AvgIpc) is 2.97. The van der Waals surface area contributed by atoms with Gasteiger partial charge in [0.25, 0.3) is 0 Å². The number of halogens is 1. The SMILES string of the molecule is Cc1cc(C(C)C)ccc1-n1nc(CBr)c2c1CCN(C(=O)OC(C)(C)C)C2. The van der Waals surface area contributed by atoms with Crippen molar-refractivity contribution in [2.75, 3.05) is 6.54 Å². The predicted molar refractivity (Wildman–Crippen MR) is 115 cm³/mol. The fraction of sp³-hybridized carbons (Fsp3) is 0.545. The number of aromatic nitrogens is 2. The van der Waals surface area contributed by atoms with Gasteiger partial charge >= 0.3 is 6.09 Å². The van der Waals surface area contributed by atoms with E-state index in [2.05, 4.69) is 59.6 Å². The third kappa shape index (κ3) is 4.27. The molecule has 0 saturated carbocycles. The van der Waals surface area contributed by atoms with Gasteiger partial charge in [0.2, 0.25) is 0 Å². The Kier molecular flexibility index (Phi) is 5.89. The van der Waals surface area contributed by atoms with Crippen LogP contribution in [-0.4, -0.2) is 32.9 Å². The Morgan fingerprint density at radius 2 is 2.04 bits per heavy atom. The number of fused-ring (bicyclic) bond motifs is 1. The number of nitrogens with zero attached hydrogens (tertiary/aromatic N) is 3. The molecule has 28 heavy (non-hydrogen) atoms. The van der Waals surface area contributed by atoms with E-state index < -0.39 is 5.60 Å². The summed E-state index contributed by atoms with van der Waals surface area (Å²) in [5.41, 5.74) is 6.46. The molecule has 1 amide bonds. The van der Waals surface area contributed by atoms with Gasteiger partial charge in [-0.2, -0.15) is 5.10 Å². The molecule has 0 aliphatic carbocycles. The lowest BCUT2D eigenvalue weighted by molar-refractivity contribution is 0.0223. The second kappa shape index (κ2) is 7.90. The summed E-state index contributed by atoms with van der Waals surface area (Å²) in [7, 11) is 0. The number of amides is 1. The van der Waals surface area contributed by atoms with Crippen LogP contribution in [0.5, 0.6) is 0 Å². The maximum absolute atomic E-state index is 12.5. The molecule has 0 atom stereocenters. The van der Waals surface area contributed by atoms with Crippen LogP contribution < -0.4 is 0 Å². The fourth-order valence-corrected chi connectivity index (χ4v) is 4.00. The number of carbonyl (C=O) groups is 1. The highest BCUT2D eigenvalue weighted by Crippen LogP contribution is 2.29. The van der Waals surface area contributed by atoms with E-state index in [-0.39, 0.29) is 6.09 Å². The highest BCUT2D eigenvalue weighted by atomic mass is 79.9. The number of rotatable bonds is 3. The van der Waals surface area contributed by atoms with Gasteiger partial charge in [-0.05, 0) is 50.8 Å². The van der Waals surface area contributed by atoms with Crippen molar-refractivity contribution in [3.63, 3.8) is 0 Å². The fourth-order valence-electron chi connectivity index (χ4n) is 3.55. The van der Waals surface area contributed by atoms with Crippen LogP contribution in [-0.2, 0) is 23.0 Å². The zero-order valence-corrected chi connectivity index (χ0v) is 19.3. The summed E-state index contributed by atoms with van der Waals surface area (Å²) in [6.45, 7) is 13.4. The zero-order chi connectivity index (χ0) is 20.6. The second-order valence-corrected chi connectivity index (χ2v) is 9.33. The van der Waals surface area contributed by atoms with Crippen molar-refractivity contribution in [1.82, 2.24) is 14.7 Å². The molecule has 1 aliphatic heterocycles. The van der Waals surface area contributed by atoms with E-state index in [4.69, 9.17) is 9.84 Å². The molecular formula is C22H30BrN3O2. The minimum atomic E-state index is -0.491. The topological polar surface area (TPSA) is 47.4 Å². The van der Waals surface area contributed by atoms with Gasteiger partial charge in [0.1, 0.15) is 5.60 Å². The summed E-state index contributed by atoms with van der Waals surface area (Å²) >= 11 is 3.57. The highest BCUT2D eigenvalue weighted by Gasteiger charge is 2.30. The van der Waals surface area contributed by atoms with Crippen molar-refractivity contribution in [1.29, 1.82) is 0 Å². The van der Waals surface area contributed by atoms with Crippen molar-refractivity contribution in [3.8, 4) is 5.69 Å². The van der Waals surface area contributed by atoms with Gasteiger partial charge in [0, 0.05) is 23.9 Å². The third-order valence-corrected chi connectivity index (χ3v) is 5.57. The smallest absolute Gasteiger partial charge is 0.410 e. The van der Waals surface area contributed by atoms with E-state index in [9.17, 15) is 4.79 Å². The van der Waals surface area contributed by atoms with Gasteiger partial charge in [-0.25, -0.2) is 9.48 Å². The lowest BCUT2D eigenvalue weighted by atomic mass is 10.00. The van der Waals surface area contributed by atoms with Crippen LogP contribution in [0.25, 0.3) is 5.69 Å². The molecule has 0 bridgehead atoms. The molecule has 2 heterocycles. The summed E-state index contributed by atoms with van der Waals surface area (Å²) in [5, 5.41) is 5.54. The van der Waals surface area contributed by atoms with Crippen molar-refractivity contribution < 1.29 is 9.53 Å². The molecule has 3 rings (SSSR count). The minimum absolute atomic E-state index is 0.260. The summed E-state index contributed by atoms with van der Waals surface area (Å²) in [4.78, 5) is 14.3. The molecule has 5 nitrogen and oxygen atoms in total. The molecule has 0 unspecified atom stereocenters. The van der Waals surface area contributed by atoms with Gasteiger partial charge in [-0.15, -0.1) is 0 Å². The van der Waals surface area contributed by atoms with Crippen LogP contribution in [0, 0.1) is 6.92 Å². The first kappa shape index (κ1) is 20.9. The van der Waals surface area contributed by atoms with Crippen LogP contribution in [0.3, 0.4) is 0 Å². The zero-order valence-electron chi connectivity index (χ0n) is 17.7.